The Hall–Kier alpha value is -4.19. The summed E-state index contributed by atoms with van der Waals surface area (Å²) in [6.45, 7) is 6.38. The Morgan fingerprint density at radius 3 is 1.04 bits per heavy atom. The smallest absolute Gasteiger partial charge is 0.306 e. The first-order chi connectivity index (χ1) is 33.0. The van der Waals surface area contributed by atoms with Gasteiger partial charge in [0.05, 0.1) is 0 Å². The Labute approximate surface area is 412 Å². The first-order valence-electron chi connectivity index (χ1n) is 27.0. The van der Waals surface area contributed by atoms with Gasteiger partial charge in [0, 0.05) is 19.3 Å². The molecule has 0 aromatic heterocycles. The van der Waals surface area contributed by atoms with Crippen LogP contribution in [0, 0.1) is 0 Å². The van der Waals surface area contributed by atoms with Gasteiger partial charge in [0.15, 0.2) is 6.10 Å². The van der Waals surface area contributed by atoms with Gasteiger partial charge in [0.2, 0.25) is 0 Å². The summed E-state index contributed by atoms with van der Waals surface area (Å²) in [7, 11) is 0. The molecule has 0 amide bonds. The number of esters is 3. The van der Waals surface area contributed by atoms with E-state index in [4.69, 9.17) is 14.2 Å². The molecule has 0 rings (SSSR count). The van der Waals surface area contributed by atoms with Crippen molar-refractivity contribution < 1.29 is 28.6 Å². The topological polar surface area (TPSA) is 78.9 Å². The lowest BCUT2D eigenvalue weighted by molar-refractivity contribution is -0.166. The summed E-state index contributed by atoms with van der Waals surface area (Å²) < 4.78 is 16.7. The van der Waals surface area contributed by atoms with E-state index in [0.29, 0.717) is 12.8 Å². The lowest BCUT2D eigenvalue weighted by Gasteiger charge is -2.18. The van der Waals surface area contributed by atoms with E-state index in [-0.39, 0.29) is 44.0 Å². The van der Waals surface area contributed by atoms with Gasteiger partial charge in [-0.25, -0.2) is 0 Å². The molecule has 0 saturated heterocycles. The number of unbranched alkanes of at least 4 members (excludes halogenated alkanes) is 16. The molecule has 0 saturated carbocycles. The minimum atomic E-state index is -0.827. The third-order valence-electron chi connectivity index (χ3n) is 10.9. The van der Waals surface area contributed by atoms with Crippen LogP contribution in [-0.2, 0) is 28.6 Å². The quantitative estimate of drug-likeness (QED) is 0.0262. The van der Waals surface area contributed by atoms with Crippen molar-refractivity contribution in [3.8, 4) is 0 Å². The standard InChI is InChI=1S/C61H98O6/c1-4-7-10-13-16-19-22-25-27-29-30-32-33-36-39-42-45-48-51-54-60(63)66-57-58(56-65-59(62)53-50-47-44-41-38-35-24-21-18-15-12-9-6-3)67-61(64)55-52-49-46-43-40-37-34-31-28-26-23-20-17-14-11-8-5-2/h7,10,16-17,19-21,24-28,30,32,34,36-37,39,45,48,58H,4-6,8-9,11-15,18,22-23,29,31,33,35,38,40-44,46-47,49-57H2,1-3H3/b10-7-,19-16-,20-17-,24-21-,27-25-,28-26-,32-30-,37-34-,39-36-,48-45-/t58-/m0/s1. The molecule has 67 heavy (non-hydrogen) atoms. The van der Waals surface area contributed by atoms with Crippen LogP contribution >= 0.6 is 0 Å². The van der Waals surface area contributed by atoms with Crippen LogP contribution in [0.4, 0.5) is 0 Å². The van der Waals surface area contributed by atoms with Gasteiger partial charge >= 0.3 is 17.9 Å². The number of rotatable bonds is 47. The third-order valence-corrected chi connectivity index (χ3v) is 10.9. The number of carbonyl (C=O) groups is 3. The van der Waals surface area contributed by atoms with Gasteiger partial charge in [-0.3, -0.25) is 14.4 Å². The van der Waals surface area contributed by atoms with E-state index in [9.17, 15) is 14.4 Å². The van der Waals surface area contributed by atoms with Gasteiger partial charge in [-0.1, -0.05) is 206 Å². The molecule has 0 radical (unpaired) electrons. The highest BCUT2D eigenvalue weighted by Gasteiger charge is 2.19. The highest BCUT2D eigenvalue weighted by Crippen LogP contribution is 2.12. The zero-order valence-electron chi connectivity index (χ0n) is 43.1. The lowest BCUT2D eigenvalue weighted by atomic mass is 10.1. The normalized spacial score (nSPS) is 13.1. The number of allylic oxidation sites excluding steroid dienone is 20. The van der Waals surface area contributed by atoms with E-state index in [0.717, 1.165) is 116 Å². The second kappa shape index (κ2) is 54.4. The monoisotopic (exact) mass is 927 g/mol. The van der Waals surface area contributed by atoms with Crippen LogP contribution in [0.25, 0.3) is 0 Å². The highest BCUT2D eigenvalue weighted by molar-refractivity contribution is 5.71. The summed E-state index contributed by atoms with van der Waals surface area (Å²) in [5, 5.41) is 0. The molecule has 6 heteroatoms. The van der Waals surface area contributed by atoms with E-state index < -0.39 is 6.10 Å². The maximum atomic E-state index is 12.8. The molecule has 0 bridgehead atoms. The summed E-state index contributed by atoms with van der Waals surface area (Å²) in [5.74, 6) is -1.04. The fourth-order valence-corrected chi connectivity index (χ4v) is 6.88. The van der Waals surface area contributed by atoms with E-state index in [1.165, 1.54) is 64.2 Å². The minimum Gasteiger partial charge on any atom is -0.462 e. The van der Waals surface area contributed by atoms with Gasteiger partial charge in [-0.05, 0) is 122 Å². The van der Waals surface area contributed by atoms with Crippen LogP contribution in [0.3, 0.4) is 0 Å². The van der Waals surface area contributed by atoms with E-state index in [1.54, 1.807) is 0 Å². The zero-order chi connectivity index (χ0) is 48.6. The second-order valence-electron chi connectivity index (χ2n) is 17.4. The zero-order valence-corrected chi connectivity index (χ0v) is 43.1. The third kappa shape index (κ3) is 52.6. The Morgan fingerprint density at radius 1 is 0.313 bits per heavy atom. The Bertz CT molecular complexity index is 1440. The average molecular weight is 927 g/mol. The second-order valence-corrected chi connectivity index (χ2v) is 17.4. The molecule has 0 aromatic rings. The molecule has 0 unspecified atom stereocenters. The van der Waals surface area contributed by atoms with Crippen LogP contribution in [0.1, 0.15) is 226 Å². The van der Waals surface area contributed by atoms with Crippen LogP contribution < -0.4 is 0 Å². The summed E-state index contributed by atoms with van der Waals surface area (Å²) in [6.07, 6.45) is 74.8. The van der Waals surface area contributed by atoms with Crippen LogP contribution in [0.5, 0.6) is 0 Å². The van der Waals surface area contributed by atoms with Gasteiger partial charge < -0.3 is 14.2 Å². The summed E-state index contributed by atoms with van der Waals surface area (Å²) in [6, 6.07) is 0. The van der Waals surface area contributed by atoms with Gasteiger partial charge in [-0.2, -0.15) is 0 Å². The molecule has 0 aliphatic rings. The molecule has 0 heterocycles. The number of hydrogen-bond acceptors (Lipinski definition) is 6. The molecule has 0 aliphatic heterocycles. The fraction of sp³-hybridized carbons (Fsp3) is 0.623. The molecule has 6 nitrogen and oxygen atoms in total. The Morgan fingerprint density at radius 2 is 0.612 bits per heavy atom. The van der Waals surface area contributed by atoms with Gasteiger partial charge in [0.1, 0.15) is 13.2 Å². The lowest BCUT2D eigenvalue weighted by Crippen LogP contribution is -2.30. The molecule has 0 aliphatic carbocycles. The molecule has 0 fully saturated rings. The molecule has 0 spiro atoms. The first kappa shape index (κ1) is 62.8. The van der Waals surface area contributed by atoms with Crippen molar-refractivity contribution in [2.75, 3.05) is 13.2 Å². The summed E-state index contributed by atoms with van der Waals surface area (Å²) >= 11 is 0. The van der Waals surface area contributed by atoms with Crippen LogP contribution in [0.15, 0.2) is 122 Å². The van der Waals surface area contributed by atoms with Crippen molar-refractivity contribution in [3.63, 3.8) is 0 Å². The van der Waals surface area contributed by atoms with Gasteiger partial charge in [-0.15, -0.1) is 0 Å². The molecule has 0 aromatic carbocycles. The van der Waals surface area contributed by atoms with E-state index in [2.05, 4.69) is 130 Å². The predicted molar refractivity (Wildman–Crippen MR) is 288 cm³/mol. The van der Waals surface area contributed by atoms with Crippen molar-refractivity contribution in [1.82, 2.24) is 0 Å². The first-order valence-corrected chi connectivity index (χ1v) is 27.0. The highest BCUT2D eigenvalue weighted by atomic mass is 16.6. The minimum absolute atomic E-state index is 0.118. The molecule has 378 valence electrons. The van der Waals surface area contributed by atoms with Crippen molar-refractivity contribution in [2.24, 2.45) is 0 Å². The summed E-state index contributed by atoms with van der Waals surface area (Å²) in [5.41, 5.74) is 0. The van der Waals surface area contributed by atoms with Crippen molar-refractivity contribution in [3.05, 3.63) is 122 Å². The SMILES string of the molecule is CC/C=C\C/C=C\C/C=C\C/C=C\C/C=C\C/C=C\CCC(=O)OC[C@H](COC(=O)CCCCCCC/C=C\CCCCCC)OC(=O)CCCCCC/C=C\C/C=C\C/C=C\CCCCC. The Kier molecular flexibility index (Phi) is 51.0. The van der Waals surface area contributed by atoms with Crippen LogP contribution in [-0.4, -0.2) is 37.2 Å². The maximum Gasteiger partial charge on any atom is 0.306 e. The predicted octanol–water partition coefficient (Wildman–Crippen LogP) is 18.1. The number of ether oxygens (including phenoxy) is 3. The summed E-state index contributed by atoms with van der Waals surface area (Å²) in [4.78, 5) is 38.0. The molecule has 0 N–H and O–H groups in total. The number of carbonyl (C=O) groups excluding carboxylic acids is 3. The average Bonchev–Trinajstić information content (AvgIpc) is 3.33. The molecule has 1 atom stereocenters. The van der Waals surface area contributed by atoms with Crippen molar-refractivity contribution in [1.29, 1.82) is 0 Å². The fourth-order valence-electron chi connectivity index (χ4n) is 6.88. The number of hydrogen-bond donors (Lipinski definition) is 0. The van der Waals surface area contributed by atoms with E-state index >= 15 is 0 Å². The molecular weight excluding hydrogens is 829 g/mol. The largest absolute Gasteiger partial charge is 0.462 e. The van der Waals surface area contributed by atoms with Crippen molar-refractivity contribution >= 4 is 17.9 Å². The molecular formula is C61H98O6. The Balaban J connectivity index is 4.57. The van der Waals surface area contributed by atoms with Crippen LogP contribution in [0.2, 0.25) is 0 Å². The maximum absolute atomic E-state index is 12.8. The van der Waals surface area contributed by atoms with E-state index in [1.807, 2.05) is 12.2 Å². The van der Waals surface area contributed by atoms with Gasteiger partial charge in [0.25, 0.3) is 0 Å². The van der Waals surface area contributed by atoms with Crippen molar-refractivity contribution in [2.45, 2.75) is 232 Å².